The van der Waals surface area contributed by atoms with Crippen LogP contribution < -0.4 is 0 Å². The summed E-state index contributed by atoms with van der Waals surface area (Å²) in [5, 5.41) is 1.25. The maximum atomic E-state index is 13.0. The van der Waals surface area contributed by atoms with Crippen LogP contribution in [0.2, 0.25) is 0 Å². The number of hydrogen-bond acceptors (Lipinski definition) is 2. The van der Waals surface area contributed by atoms with E-state index in [0.29, 0.717) is 6.04 Å². The Morgan fingerprint density at radius 3 is 2.50 bits per heavy atom. The van der Waals surface area contributed by atoms with Gasteiger partial charge in [0.1, 0.15) is 0 Å². The van der Waals surface area contributed by atoms with Gasteiger partial charge in [0.2, 0.25) is 0 Å². The zero-order chi connectivity index (χ0) is 19.5. The average Bonchev–Trinajstić information content (AvgIpc) is 3.18. The zero-order valence-corrected chi connectivity index (χ0v) is 17.0. The first-order valence-electron chi connectivity index (χ1n) is 10.7. The standard InChI is InChI=1S/C25H30N2O/c1-3-15-26(16-4-2)21-12-10-19-11-13-24-22(23(19)18-21)14-17-27(24)25(28)20-8-6-5-7-9-20/h5-9,11,13-14,17,21H,3-4,10,12,15-16,18H2,1-2H3. The van der Waals surface area contributed by atoms with E-state index in [2.05, 4.69) is 36.9 Å². The summed E-state index contributed by atoms with van der Waals surface area (Å²) in [5.74, 6) is 0.0431. The molecule has 146 valence electrons. The molecule has 0 saturated carbocycles. The third-order valence-corrected chi connectivity index (χ3v) is 6.05. The van der Waals surface area contributed by atoms with Gasteiger partial charge in [0.25, 0.3) is 5.91 Å². The molecule has 28 heavy (non-hydrogen) atoms. The number of benzene rings is 2. The van der Waals surface area contributed by atoms with Gasteiger partial charge < -0.3 is 4.90 Å². The van der Waals surface area contributed by atoms with Gasteiger partial charge in [0.15, 0.2) is 0 Å². The van der Waals surface area contributed by atoms with Crippen molar-refractivity contribution < 1.29 is 4.79 Å². The summed E-state index contributed by atoms with van der Waals surface area (Å²) < 4.78 is 1.81. The SMILES string of the molecule is CCCN(CCC)C1CCc2ccc3c(ccn3C(=O)c3ccccc3)c2C1. The summed E-state index contributed by atoms with van der Waals surface area (Å²) in [6.07, 6.45) is 7.82. The first kappa shape index (κ1) is 18.9. The fourth-order valence-electron chi connectivity index (χ4n) is 4.72. The second-order valence-corrected chi connectivity index (χ2v) is 7.93. The third kappa shape index (κ3) is 3.51. The zero-order valence-electron chi connectivity index (χ0n) is 17.0. The lowest BCUT2D eigenvalue weighted by molar-refractivity contribution is 0.0965. The molecular formula is C25H30N2O. The summed E-state index contributed by atoms with van der Waals surface area (Å²) in [5.41, 5.74) is 4.67. The molecule has 3 heteroatoms. The van der Waals surface area contributed by atoms with Crippen molar-refractivity contribution in [1.82, 2.24) is 9.47 Å². The number of aryl methyl sites for hydroxylation is 1. The lowest BCUT2D eigenvalue weighted by Crippen LogP contribution is -2.40. The summed E-state index contributed by atoms with van der Waals surface area (Å²) in [7, 11) is 0. The molecule has 2 aromatic carbocycles. The Kier molecular flexibility index (Phi) is 5.63. The fraction of sp³-hybridized carbons (Fsp3) is 0.400. The summed E-state index contributed by atoms with van der Waals surface area (Å²) >= 11 is 0. The van der Waals surface area contributed by atoms with Crippen LogP contribution in [-0.2, 0) is 12.8 Å². The molecule has 1 atom stereocenters. The van der Waals surface area contributed by atoms with Gasteiger partial charge in [-0.1, -0.05) is 38.1 Å². The number of carbonyl (C=O) groups excluding carboxylic acids is 1. The van der Waals surface area contributed by atoms with Crippen LogP contribution >= 0.6 is 0 Å². The lowest BCUT2D eigenvalue weighted by Gasteiger charge is -2.35. The van der Waals surface area contributed by atoms with Crippen LogP contribution in [0, 0.1) is 0 Å². The molecule has 1 unspecified atom stereocenters. The Hall–Kier alpha value is -2.39. The molecule has 0 bridgehead atoms. The second kappa shape index (κ2) is 8.32. The van der Waals surface area contributed by atoms with Gasteiger partial charge in [-0.25, -0.2) is 0 Å². The van der Waals surface area contributed by atoms with Gasteiger partial charge in [-0.2, -0.15) is 0 Å². The third-order valence-electron chi connectivity index (χ3n) is 6.05. The minimum Gasteiger partial charge on any atom is -0.300 e. The molecule has 0 fully saturated rings. The summed E-state index contributed by atoms with van der Waals surface area (Å²) in [4.78, 5) is 15.7. The molecular weight excluding hydrogens is 344 g/mol. The van der Waals surface area contributed by atoms with Gasteiger partial charge in [0.05, 0.1) is 5.52 Å². The van der Waals surface area contributed by atoms with E-state index in [1.807, 2.05) is 41.1 Å². The van der Waals surface area contributed by atoms with Crippen LogP contribution in [-0.4, -0.2) is 34.5 Å². The van der Waals surface area contributed by atoms with Crippen molar-refractivity contribution in [2.45, 2.75) is 52.0 Å². The Balaban J connectivity index is 1.68. The minimum absolute atomic E-state index is 0.0431. The van der Waals surface area contributed by atoms with E-state index in [1.54, 1.807) is 0 Å². The number of hydrogen-bond donors (Lipinski definition) is 0. The molecule has 3 nitrogen and oxygen atoms in total. The highest BCUT2D eigenvalue weighted by atomic mass is 16.2. The average molecular weight is 375 g/mol. The van der Waals surface area contributed by atoms with Crippen molar-refractivity contribution >= 4 is 16.8 Å². The number of nitrogens with zero attached hydrogens (tertiary/aromatic N) is 2. The number of fused-ring (bicyclic) bond motifs is 3. The van der Waals surface area contributed by atoms with Gasteiger partial charge in [-0.15, -0.1) is 0 Å². The van der Waals surface area contributed by atoms with Crippen molar-refractivity contribution in [3.63, 3.8) is 0 Å². The fourth-order valence-corrected chi connectivity index (χ4v) is 4.72. The predicted octanol–water partition coefficient (Wildman–Crippen LogP) is 5.31. The first-order chi connectivity index (χ1) is 13.7. The van der Waals surface area contributed by atoms with Crippen molar-refractivity contribution in [3.8, 4) is 0 Å². The molecule has 0 radical (unpaired) electrons. The van der Waals surface area contributed by atoms with E-state index in [-0.39, 0.29) is 5.91 Å². The van der Waals surface area contributed by atoms with Gasteiger partial charge >= 0.3 is 0 Å². The first-order valence-corrected chi connectivity index (χ1v) is 10.7. The molecule has 4 rings (SSSR count). The van der Waals surface area contributed by atoms with Crippen molar-refractivity contribution in [2.75, 3.05) is 13.1 Å². The van der Waals surface area contributed by atoms with E-state index in [4.69, 9.17) is 0 Å². The normalized spacial score (nSPS) is 16.5. The highest BCUT2D eigenvalue weighted by Gasteiger charge is 2.25. The Bertz CT molecular complexity index is 951. The van der Waals surface area contributed by atoms with E-state index >= 15 is 0 Å². The van der Waals surface area contributed by atoms with Crippen molar-refractivity contribution in [1.29, 1.82) is 0 Å². The quantitative estimate of drug-likeness (QED) is 0.584. The van der Waals surface area contributed by atoms with Crippen LogP contribution in [0.4, 0.5) is 0 Å². The van der Waals surface area contributed by atoms with E-state index in [0.717, 1.165) is 23.9 Å². The molecule has 1 aliphatic carbocycles. The molecule has 0 saturated heterocycles. The molecule has 3 aromatic rings. The molecule has 1 aliphatic rings. The Morgan fingerprint density at radius 1 is 1.04 bits per heavy atom. The molecule has 0 spiro atoms. The highest BCUT2D eigenvalue weighted by Crippen LogP contribution is 2.32. The molecule has 0 aliphatic heterocycles. The van der Waals surface area contributed by atoms with Crippen LogP contribution in [0.3, 0.4) is 0 Å². The largest absolute Gasteiger partial charge is 0.300 e. The van der Waals surface area contributed by atoms with Crippen LogP contribution in [0.25, 0.3) is 10.9 Å². The second-order valence-electron chi connectivity index (χ2n) is 7.93. The Labute approximate surface area is 168 Å². The monoisotopic (exact) mass is 374 g/mol. The van der Waals surface area contributed by atoms with Crippen molar-refractivity contribution in [2.24, 2.45) is 0 Å². The molecule has 1 heterocycles. The van der Waals surface area contributed by atoms with E-state index in [1.165, 1.54) is 48.9 Å². The number of carbonyl (C=O) groups is 1. The maximum absolute atomic E-state index is 13.0. The summed E-state index contributed by atoms with van der Waals surface area (Å²) in [6.45, 7) is 6.90. The minimum atomic E-state index is 0.0431. The van der Waals surface area contributed by atoms with Gasteiger partial charge in [-0.05, 0) is 80.6 Å². The number of rotatable bonds is 6. The van der Waals surface area contributed by atoms with Crippen LogP contribution in [0.5, 0.6) is 0 Å². The summed E-state index contributed by atoms with van der Waals surface area (Å²) in [6, 6.07) is 16.7. The highest BCUT2D eigenvalue weighted by molar-refractivity contribution is 6.02. The number of aromatic nitrogens is 1. The lowest BCUT2D eigenvalue weighted by atomic mass is 9.85. The van der Waals surface area contributed by atoms with Crippen molar-refractivity contribution in [3.05, 3.63) is 71.4 Å². The van der Waals surface area contributed by atoms with Crippen LogP contribution in [0.15, 0.2) is 54.7 Å². The van der Waals surface area contributed by atoms with Gasteiger partial charge in [0, 0.05) is 23.2 Å². The van der Waals surface area contributed by atoms with E-state index in [9.17, 15) is 4.79 Å². The Morgan fingerprint density at radius 2 is 1.79 bits per heavy atom. The smallest absolute Gasteiger partial charge is 0.262 e. The topological polar surface area (TPSA) is 25.2 Å². The molecule has 0 amide bonds. The van der Waals surface area contributed by atoms with Crippen LogP contribution in [0.1, 0.15) is 54.6 Å². The molecule has 1 aromatic heterocycles. The maximum Gasteiger partial charge on any atom is 0.262 e. The van der Waals surface area contributed by atoms with Gasteiger partial charge in [-0.3, -0.25) is 9.36 Å². The van der Waals surface area contributed by atoms with E-state index < -0.39 is 0 Å². The molecule has 0 N–H and O–H groups in total. The predicted molar refractivity (Wildman–Crippen MR) is 116 cm³/mol.